The fourth-order valence-corrected chi connectivity index (χ4v) is 0.819. The third kappa shape index (κ3) is 5.66. The molecule has 0 aromatic rings. The molecule has 0 amide bonds. The summed E-state index contributed by atoms with van der Waals surface area (Å²) < 4.78 is 4.78. The lowest BCUT2D eigenvalue weighted by Gasteiger charge is -2.21. The van der Waals surface area contributed by atoms with Gasteiger partial charge in [-0.15, -0.1) is 0 Å². The summed E-state index contributed by atoms with van der Waals surface area (Å²) in [4.78, 5) is 32.2. The van der Waals surface area contributed by atoms with Crippen molar-refractivity contribution in [2.24, 2.45) is 5.92 Å². The molecule has 0 aromatic carbocycles. The first kappa shape index (κ1) is 13.4. The number of rotatable bonds is 4. The Hall–Kier alpha value is -1.59. The number of carbonyl (C=O) groups is 3. The van der Waals surface area contributed by atoms with Gasteiger partial charge in [0.2, 0.25) is 0 Å². The Kier molecular flexibility index (Phi) is 4.26. The Bertz CT molecular complexity index is 275. The van der Waals surface area contributed by atoms with Gasteiger partial charge >= 0.3 is 17.9 Å². The fourth-order valence-electron chi connectivity index (χ4n) is 0.819. The molecule has 0 aromatic heterocycles. The molecule has 0 rings (SSSR count). The van der Waals surface area contributed by atoms with Crippen molar-refractivity contribution in [1.29, 1.82) is 0 Å². The number of hydrogen-bond donors (Lipinski definition) is 2. The molecule has 0 aliphatic carbocycles. The van der Waals surface area contributed by atoms with Crippen LogP contribution in [0.1, 0.15) is 27.2 Å². The van der Waals surface area contributed by atoms with Gasteiger partial charge in [-0.1, -0.05) is 0 Å². The molecule has 1 atom stereocenters. The zero-order chi connectivity index (χ0) is 12.2. The summed E-state index contributed by atoms with van der Waals surface area (Å²) in [5.41, 5.74) is -0.830. The topological polar surface area (TPSA) is 101 Å². The quantitative estimate of drug-likeness (QED) is 0.526. The first-order valence-corrected chi connectivity index (χ1v) is 4.31. The molecule has 2 N–H and O–H groups in total. The van der Waals surface area contributed by atoms with Crippen LogP contribution in [0.5, 0.6) is 0 Å². The van der Waals surface area contributed by atoms with Crippen molar-refractivity contribution >= 4 is 17.9 Å². The predicted octanol–water partition coefficient (Wildman–Crippen LogP) is 0.504. The van der Waals surface area contributed by atoms with E-state index in [1.165, 1.54) is 0 Å². The molecular formula is C9H14O6. The Morgan fingerprint density at radius 3 is 1.93 bits per heavy atom. The zero-order valence-corrected chi connectivity index (χ0v) is 8.81. The number of esters is 1. The maximum absolute atomic E-state index is 11.3. The molecule has 0 bridgehead atoms. The normalized spacial score (nSPS) is 13.0. The highest BCUT2D eigenvalue weighted by atomic mass is 16.6. The molecule has 0 heterocycles. The summed E-state index contributed by atoms with van der Waals surface area (Å²) in [5, 5.41) is 17.0. The molecule has 6 heteroatoms. The van der Waals surface area contributed by atoms with E-state index in [0.717, 1.165) is 0 Å². The van der Waals surface area contributed by atoms with Gasteiger partial charge in [0.05, 0.1) is 6.42 Å². The van der Waals surface area contributed by atoms with E-state index in [1.54, 1.807) is 20.8 Å². The van der Waals surface area contributed by atoms with E-state index in [2.05, 4.69) is 0 Å². The summed E-state index contributed by atoms with van der Waals surface area (Å²) in [6, 6.07) is 0. The maximum atomic E-state index is 11.3. The van der Waals surface area contributed by atoms with Crippen LogP contribution in [0.3, 0.4) is 0 Å². The van der Waals surface area contributed by atoms with Gasteiger partial charge in [0, 0.05) is 0 Å². The van der Waals surface area contributed by atoms with Crippen LogP contribution in [-0.4, -0.2) is 33.7 Å². The molecule has 0 unspecified atom stereocenters. The third-order valence-electron chi connectivity index (χ3n) is 1.37. The molecular weight excluding hydrogens is 204 g/mol. The second-order valence-corrected chi connectivity index (χ2v) is 4.02. The number of hydrogen-bond acceptors (Lipinski definition) is 4. The van der Waals surface area contributed by atoms with Crippen LogP contribution < -0.4 is 0 Å². The average molecular weight is 218 g/mol. The van der Waals surface area contributed by atoms with Crippen molar-refractivity contribution in [3.8, 4) is 0 Å². The molecule has 15 heavy (non-hydrogen) atoms. The Labute approximate surface area is 86.8 Å². The van der Waals surface area contributed by atoms with Crippen molar-refractivity contribution in [3.05, 3.63) is 0 Å². The van der Waals surface area contributed by atoms with E-state index >= 15 is 0 Å². The minimum Gasteiger partial charge on any atom is -0.481 e. The van der Waals surface area contributed by atoms with E-state index in [4.69, 9.17) is 14.9 Å². The number of ether oxygens (including phenoxy) is 1. The number of carboxylic acids is 2. The van der Waals surface area contributed by atoms with Gasteiger partial charge in [-0.3, -0.25) is 14.4 Å². The lowest BCUT2D eigenvalue weighted by molar-refractivity contribution is -0.169. The van der Waals surface area contributed by atoms with Gasteiger partial charge in [-0.25, -0.2) is 0 Å². The largest absolute Gasteiger partial charge is 0.481 e. The summed E-state index contributed by atoms with van der Waals surface area (Å²) in [5.74, 6) is -5.53. The van der Waals surface area contributed by atoms with Gasteiger partial charge in [0.25, 0.3) is 0 Å². The van der Waals surface area contributed by atoms with E-state index in [0.29, 0.717) is 0 Å². The summed E-state index contributed by atoms with van der Waals surface area (Å²) in [7, 11) is 0. The Morgan fingerprint density at radius 1 is 1.20 bits per heavy atom. The van der Waals surface area contributed by atoms with Gasteiger partial charge in [0.15, 0.2) is 5.92 Å². The van der Waals surface area contributed by atoms with Gasteiger partial charge < -0.3 is 14.9 Å². The smallest absolute Gasteiger partial charge is 0.321 e. The second-order valence-electron chi connectivity index (χ2n) is 4.02. The van der Waals surface area contributed by atoms with Gasteiger partial charge in [-0.2, -0.15) is 0 Å². The molecule has 0 aliphatic heterocycles. The highest BCUT2D eigenvalue weighted by molar-refractivity contribution is 5.97. The van der Waals surface area contributed by atoms with Crippen LogP contribution in [-0.2, 0) is 19.1 Å². The fraction of sp³-hybridized carbons (Fsp3) is 0.667. The molecule has 0 radical (unpaired) electrons. The van der Waals surface area contributed by atoms with Crippen molar-refractivity contribution in [2.75, 3.05) is 0 Å². The highest BCUT2D eigenvalue weighted by Gasteiger charge is 2.32. The minimum atomic E-state index is -1.65. The SMILES string of the molecule is CC(C)(C)OC(=O)[C@H](CC(=O)O)C(=O)O. The summed E-state index contributed by atoms with van der Waals surface area (Å²) in [6.45, 7) is 4.72. The molecule has 0 saturated carbocycles. The van der Waals surface area contributed by atoms with E-state index < -0.39 is 35.8 Å². The van der Waals surface area contributed by atoms with Crippen LogP contribution in [0.2, 0.25) is 0 Å². The van der Waals surface area contributed by atoms with Crippen LogP contribution >= 0.6 is 0 Å². The lowest BCUT2D eigenvalue weighted by atomic mass is 10.1. The third-order valence-corrected chi connectivity index (χ3v) is 1.37. The lowest BCUT2D eigenvalue weighted by Crippen LogP contribution is -2.34. The zero-order valence-electron chi connectivity index (χ0n) is 8.81. The monoisotopic (exact) mass is 218 g/mol. The number of carboxylic acid groups (broad SMARTS) is 2. The van der Waals surface area contributed by atoms with Crippen molar-refractivity contribution in [1.82, 2.24) is 0 Å². The number of carbonyl (C=O) groups excluding carboxylic acids is 1. The molecule has 0 fully saturated rings. The number of aliphatic carboxylic acids is 2. The van der Waals surface area contributed by atoms with Gasteiger partial charge in [-0.05, 0) is 20.8 Å². The summed E-state index contributed by atoms with van der Waals surface area (Å²) in [6.07, 6.45) is -0.774. The van der Waals surface area contributed by atoms with E-state index in [9.17, 15) is 14.4 Å². The van der Waals surface area contributed by atoms with Crippen LogP contribution in [0.15, 0.2) is 0 Å². The van der Waals surface area contributed by atoms with Crippen molar-refractivity contribution in [2.45, 2.75) is 32.8 Å². The second kappa shape index (κ2) is 4.77. The van der Waals surface area contributed by atoms with Crippen molar-refractivity contribution in [3.63, 3.8) is 0 Å². The van der Waals surface area contributed by atoms with Crippen LogP contribution in [0, 0.1) is 5.92 Å². The van der Waals surface area contributed by atoms with E-state index in [-0.39, 0.29) is 0 Å². The predicted molar refractivity (Wildman–Crippen MR) is 49.2 cm³/mol. The molecule has 6 nitrogen and oxygen atoms in total. The molecule has 86 valence electrons. The molecule has 0 saturated heterocycles. The van der Waals surface area contributed by atoms with Crippen molar-refractivity contribution < 1.29 is 29.3 Å². The first-order valence-electron chi connectivity index (χ1n) is 4.31. The minimum absolute atomic E-state index is 0.774. The summed E-state index contributed by atoms with van der Waals surface area (Å²) >= 11 is 0. The Morgan fingerprint density at radius 2 is 1.67 bits per heavy atom. The van der Waals surface area contributed by atoms with Crippen LogP contribution in [0.25, 0.3) is 0 Å². The van der Waals surface area contributed by atoms with Crippen LogP contribution in [0.4, 0.5) is 0 Å². The van der Waals surface area contributed by atoms with Gasteiger partial charge in [0.1, 0.15) is 5.60 Å². The highest BCUT2D eigenvalue weighted by Crippen LogP contribution is 2.14. The maximum Gasteiger partial charge on any atom is 0.321 e. The Balaban J connectivity index is 4.57. The molecule has 0 spiro atoms. The first-order chi connectivity index (χ1) is 6.63. The average Bonchev–Trinajstić information content (AvgIpc) is 1.95. The van der Waals surface area contributed by atoms with E-state index in [1.807, 2.05) is 0 Å². The molecule has 0 aliphatic rings. The standard InChI is InChI=1S/C9H14O6/c1-9(2,3)15-8(14)5(7(12)13)4-6(10)11/h5H,4H2,1-3H3,(H,10,11)(H,12,13)/t5-/m1/s1.